The Balaban J connectivity index is 2.11. The van der Waals surface area contributed by atoms with Crippen molar-refractivity contribution in [2.45, 2.75) is 20.3 Å². The summed E-state index contributed by atoms with van der Waals surface area (Å²) in [5.41, 5.74) is 1.08. The summed E-state index contributed by atoms with van der Waals surface area (Å²) in [5, 5.41) is 20.3. The maximum absolute atomic E-state index is 12.5. The first-order valence-electron chi connectivity index (χ1n) is 8.36. The molecule has 1 heterocycles. The minimum Gasteiger partial charge on any atom is -0.507 e. The van der Waals surface area contributed by atoms with Crippen molar-refractivity contribution in [3.05, 3.63) is 63.8 Å². The predicted octanol–water partition coefficient (Wildman–Crippen LogP) is 4.51. The summed E-state index contributed by atoms with van der Waals surface area (Å²) in [6.45, 7) is 3.85. The van der Waals surface area contributed by atoms with Crippen LogP contribution in [0.1, 0.15) is 19.4 Å². The van der Waals surface area contributed by atoms with E-state index >= 15 is 0 Å². The van der Waals surface area contributed by atoms with Gasteiger partial charge in [0.15, 0.2) is 11.0 Å². The second kappa shape index (κ2) is 7.45. The number of phenolic OH excluding ortho intramolecular Hbond substituents is 2. The quantitative estimate of drug-likeness (QED) is 0.644. The van der Waals surface area contributed by atoms with Crippen LogP contribution in [0.4, 0.5) is 0 Å². The van der Waals surface area contributed by atoms with Gasteiger partial charge in [-0.2, -0.15) is 0 Å². The normalized spacial score (nSPS) is 10.6. The summed E-state index contributed by atoms with van der Waals surface area (Å²) in [7, 11) is 1.56. The molecular weight excluding hydrogens is 348 g/mol. The SMILES string of the molecule is COc1ccc(Oc2cc(=O)c3c(O)cc(O)c(CC=C(C)C)c3o2)cc1. The summed E-state index contributed by atoms with van der Waals surface area (Å²) in [6, 6.07) is 9.09. The number of methoxy groups -OCH3 is 1. The van der Waals surface area contributed by atoms with Crippen molar-refractivity contribution < 1.29 is 24.1 Å². The molecule has 0 aliphatic rings. The van der Waals surface area contributed by atoms with Crippen LogP contribution < -0.4 is 14.9 Å². The van der Waals surface area contributed by atoms with Crippen LogP contribution in [-0.2, 0) is 6.42 Å². The van der Waals surface area contributed by atoms with E-state index in [1.54, 1.807) is 31.4 Å². The maximum atomic E-state index is 12.5. The monoisotopic (exact) mass is 368 g/mol. The number of hydrogen-bond acceptors (Lipinski definition) is 6. The van der Waals surface area contributed by atoms with Crippen LogP contribution in [0.3, 0.4) is 0 Å². The molecule has 0 saturated carbocycles. The van der Waals surface area contributed by atoms with E-state index in [9.17, 15) is 15.0 Å². The molecule has 0 spiro atoms. The standard InChI is InChI=1S/C21H20O6/c1-12(2)4-9-15-16(22)10-17(23)20-18(24)11-19(27-21(15)20)26-14-7-5-13(25-3)6-8-14/h4-8,10-11,22-23H,9H2,1-3H3. The number of aromatic hydroxyl groups is 2. The molecule has 0 saturated heterocycles. The van der Waals surface area contributed by atoms with Gasteiger partial charge in [0, 0.05) is 11.6 Å². The van der Waals surface area contributed by atoms with Gasteiger partial charge in [-0.3, -0.25) is 4.79 Å². The van der Waals surface area contributed by atoms with Gasteiger partial charge in [0.2, 0.25) is 0 Å². The highest BCUT2D eigenvalue weighted by atomic mass is 16.6. The van der Waals surface area contributed by atoms with Crippen molar-refractivity contribution >= 4 is 11.0 Å². The highest BCUT2D eigenvalue weighted by molar-refractivity contribution is 5.88. The molecule has 0 atom stereocenters. The lowest BCUT2D eigenvalue weighted by atomic mass is 10.0. The van der Waals surface area contributed by atoms with Crippen LogP contribution in [0.25, 0.3) is 11.0 Å². The molecule has 0 fully saturated rings. The van der Waals surface area contributed by atoms with Crippen molar-refractivity contribution in [1.29, 1.82) is 0 Å². The third-order valence-corrected chi connectivity index (χ3v) is 4.03. The number of allylic oxidation sites excluding steroid dienone is 2. The summed E-state index contributed by atoms with van der Waals surface area (Å²) in [6.07, 6.45) is 2.24. The minimum atomic E-state index is -0.462. The van der Waals surface area contributed by atoms with E-state index in [4.69, 9.17) is 13.9 Å². The van der Waals surface area contributed by atoms with E-state index in [-0.39, 0.29) is 28.4 Å². The van der Waals surface area contributed by atoms with Crippen molar-refractivity contribution in [3.63, 3.8) is 0 Å². The zero-order valence-electron chi connectivity index (χ0n) is 15.3. The minimum absolute atomic E-state index is 0.00652. The lowest BCUT2D eigenvalue weighted by Crippen LogP contribution is -2.03. The lowest BCUT2D eigenvalue weighted by molar-refractivity contribution is 0.350. The van der Waals surface area contributed by atoms with Gasteiger partial charge in [-0.1, -0.05) is 11.6 Å². The van der Waals surface area contributed by atoms with Gasteiger partial charge in [-0.15, -0.1) is 0 Å². The Bertz CT molecular complexity index is 1060. The van der Waals surface area contributed by atoms with E-state index in [0.717, 1.165) is 17.7 Å². The number of rotatable bonds is 5. The Kier molecular flexibility index (Phi) is 5.07. The van der Waals surface area contributed by atoms with Gasteiger partial charge >= 0.3 is 0 Å². The summed E-state index contributed by atoms with van der Waals surface area (Å²) in [4.78, 5) is 12.5. The third-order valence-electron chi connectivity index (χ3n) is 4.03. The second-order valence-electron chi connectivity index (χ2n) is 6.29. The summed E-state index contributed by atoms with van der Waals surface area (Å²) < 4.78 is 16.4. The molecular formula is C21H20O6. The van der Waals surface area contributed by atoms with Gasteiger partial charge in [-0.05, 0) is 44.5 Å². The van der Waals surface area contributed by atoms with E-state index in [1.807, 2.05) is 19.9 Å². The van der Waals surface area contributed by atoms with Gasteiger partial charge in [0.25, 0.3) is 5.95 Å². The summed E-state index contributed by atoms with van der Waals surface area (Å²) >= 11 is 0. The van der Waals surface area contributed by atoms with Crippen LogP contribution in [0.15, 0.2) is 57.3 Å². The Hall–Kier alpha value is -3.41. The van der Waals surface area contributed by atoms with Crippen molar-refractivity contribution in [3.8, 4) is 28.9 Å². The average molecular weight is 368 g/mol. The Morgan fingerprint density at radius 3 is 2.37 bits per heavy atom. The molecule has 0 unspecified atom stereocenters. The van der Waals surface area contributed by atoms with Gasteiger partial charge in [0.1, 0.15) is 28.4 Å². The zero-order chi connectivity index (χ0) is 19.6. The van der Waals surface area contributed by atoms with E-state index in [2.05, 4.69) is 0 Å². The highest BCUT2D eigenvalue weighted by Gasteiger charge is 2.18. The molecule has 0 aliphatic carbocycles. The predicted molar refractivity (Wildman–Crippen MR) is 102 cm³/mol. The third kappa shape index (κ3) is 3.89. The Morgan fingerprint density at radius 2 is 1.74 bits per heavy atom. The molecule has 140 valence electrons. The van der Waals surface area contributed by atoms with Crippen molar-refractivity contribution in [1.82, 2.24) is 0 Å². The van der Waals surface area contributed by atoms with Gasteiger partial charge in [-0.25, -0.2) is 0 Å². The fourth-order valence-corrected chi connectivity index (χ4v) is 2.65. The first-order chi connectivity index (χ1) is 12.9. The van der Waals surface area contributed by atoms with E-state index < -0.39 is 5.43 Å². The molecule has 0 radical (unpaired) electrons. The zero-order valence-corrected chi connectivity index (χ0v) is 15.3. The van der Waals surface area contributed by atoms with Crippen molar-refractivity contribution in [2.75, 3.05) is 7.11 Å². The second-order valence-corrected chi connectivity index (χ2v) is 6.29. The molecule has 0 amide bonds. The largest absolute Gasteiger partial charge is 0.507 e. The molecule has 3 rings (SSSR count). The van der Waals surface area contributed by atoms with Crippen LogP contribution in [0.2, 0.25) is 0 Å². The summed E-state index contributed by atoms with van der Waals surface area (Å²) in [5.74, 6) is 0.589. The molecule has 1 aromatic heterocycles. The maximum Gasteiger partial charge on any atom is 0.294 e. The van der Waals surface area contributed by atoms with Gasteiger partial charge in [0.05, 0.1) is 13.2 Å². The molecule has 6 nitrogen and oxygen atoms in total. The molecule has 0 bridgehead atoms. The van der Waals surface area contributed by atoms with E-state index in [0.29, 0.717) is 23.5 Å². The molecule has 27 heavy (non-hydrogen) atoms. The number of benzene rings is 2. The Morgan fingerprint density at radius 1 is 1.07 bits per heavy atom. The van der Waals surface area contributed by atoms with Crippen LogP contribution in [0, 0.1) is 0 Å². The number of hydrogen-bond donors (Lipinski definition) is 2. The van der Waals surface area contributed by atoms with Gasteiger partial charge < -0.3 is 24.1 Å². The number of ether oxygens (including phenoxy) is 2. The highest BCUT2D eigenvalue weighted by Crippen LogP contribution is 2.36. The molecule has 6 heteroatoms. The molecule has 2 N–H and O–H groups in total. The number of fused-ring (bicyclic) bond motifs is 1. The molecule has 2 aromatic carbocycles. The smallest absolute Gasteiger partial charge is 0.294 e. The fourth-order valence-electron chi connectivity index (χ4n) is 2.65. The van der Waals surface area contributed by atoms with Crippen molar-refractivity contribution in [2.24, 2.45) is 0 Å². The average Bonchev–Trinajstić information content (AvgIpc) is 2.61. The first-order valence-corrected chi connectivity index (χ1v) is 8.36. The van der Waals surface area contributed by atoms with Crippen LogP contribution in [-0.4, -0.2) is 17.3 Å². The first kappa shape index (κ1) is 18.4. The molecule has 3 aromatic rings. The van der Waals surface area contributed by atoms with Crippen LogP contribution >= 0.6 is 0 Å². The van der Waals surface area contributed by atoms with Crippen LogP contribution in [0.5, 0.6) is 28.9 Å². The fraction of sp³-hybridized carbons (Fsp3) is 0.190. The topological polar surface area (TPSA) is 89.1 Å². The van der Waals surface area contributed by atoms with E-state index in [1.165, 1.54) is 0 Å². The Labute approximate surface area is 155 Å². The lowest BCUT2D eigenvalue weighted by Gasteiger charge is -2.11. The number of phenols is 2. The molecule has 0 aliphatic heterocycles.